The van der Waals surface area contributed by atoms with E-state index < -0.39 is 6.23 Å². The molecular weight excluding hydrogens is 400 g/mol. The molecule has 0 radical (unpaired) electrons. The first-order valence-electron chi connectivity index (χ1n) is 9.21. The average molecular weight is 429 g/mol. The zero-order valence-electron chi connectivity index (χ0n) is 15.8. The van der Waals surface area contributed by atoms with Crippen LogP contribution in [0.15, 0.2) is 11.6 Å². The van der Waals surface area contributed by atoms with Crippen LogP contribution in [0.5, 0.6) is 0 Å². The van der Waals surface area contributed by atoms with Crippen LogP contribution in [0.1, 0.15) is 48.5 Å². The van der Waals surface area contributed by atoms with Gasteiger partial charge in [-0.25, -0.2) is 9.97 Å². The Morgan fingerprint density at radius 3 is 2.70 bits per heavy atom. The highest BCUT2D eigenvalue weighted by atomic mass is 32.1. The third-order valence-corrected chi connectivity index (χ3v) is 6.15. The van der Waals surface area contributed by atoms with E-state index in [-0.39, 0.29) is 5.91 Å². The minimum absolute atomic E-state index is 0.103. The van der Waals surface area contributed by atoms with Crippen LogP contribution < -0.4 is 10.6 Å². The lowest BCUT2D eigenvalue weighted by Crippen LogP contribution is -2.31. The van der Waals surface area contributed by atoms with Crippen molar-refractivity contribution >= 4 is 41.2 Å². The second kappa shape index (κ2) is 11.8. The zero-order valence-corrected chi connectivity index (χ0v) is 18.3. The molecule has 2 aromatic rings. The van der Waals surface area contributed by atoms with Crippen LogP contribution in [0.2, 0.25) is 0 Å². The molecule has 2 rings (SSSR count). The summed E-state index contributed by atoms with van der Waals surface area (Å²) in [5.41, 5.74) is 0.539. The van der Waals surface area contributed by atoms with Gasteiger partial charge in [-0.1, -0.05) is 20.3 Å². The molecule has 1 amide bonds. The van der Waals surface area contributed by atoms with Crippen LogP contribution in [0.4, 0.5) is 0 Å². The number of carbonyl (C=O) groups is 1. The molecule has 0 fully saturated rings. The van der Waals surface area contributed by atoms with E-state index >= 15 is 0 Å². The number of rotatable bonds is 12. The van der Waals surface area contributed by atoms with Crippen LogP contribution >= 0.6 is 35.3 Å². The Balaban J connectivity index is 1.84. The molecule has 0 saturated carbocycles. The predicted molar refractivity (Wildman–Crippen MR) is 116 cm³/mol. The van der Waals surface area contributed by atoms with E-state index in [1.165, 1.54) is 11.3 Å². The van der Waals surface area contributed by atoms with Gasteiger partial charge in [0.2, 0.25) is 0 Å². The maximum absolute atomic E-state index is 12.6. The second-order valence-electron chi connectivity index (χ2n) is 6.70. The Hall–Kier alpha value is -1.00. The number of nitrogens with one attached hydrogen (secondary N) is 2. The first kappa shape index (κ1) is 22.3. The molecule has 0 saturated heterocycles. The van der Waals surface area contributed by atoms with Crippen LogP contribution in [0.25, 0.3) is 10.0 Å². The summed E-state index contributed by atoms with van der Waals surface area (Å²) >= 11 is 7.12. The summed E-state index contributed by atoms with van der Waals surface area (Å²) in [7, 11) is 0. The summed E-state index contributed by atoms with van der Waals surface area (Å²) in [6.07, 6.45) is 4.87. The molecule has 150 valence electrons. The van der Waals surface area contributed by atoms with E-state index in [4.69, 9.17) is 0 Å². The number of aliphatic hydroxyl groups excluding tert-OH is 1. The lowest BCUT2D eigenvalue weighted by molar-refractivity contribution is 0.0947. The molecule has 27 heavy (non-hydrogen) atoms. The topological polar surface area (TPSA) is 87.1 Å². The Morgan fingerprint density at radius 1 is 1.26 bits per heavy atom. The fourth-order valence-corrected chi connectivity index (χ4v) is 4.58. The van der Waals surface area contributed by atoms with Crippen LogP contribution in [0.3, 0.4) is 0 Å². The van der Waals surface area contributed by atoms with Crippen molar-refractivity contribution in [2.24, 2.45) is 5.92 Å². The smallest absolute Gasteiger partial charge is 0.271 e. The van der Waals surface area contributed by atoms with Gasteiger partial charge >= 0.3 is 0 Å². The molecule has 0 spiro atoms. The van der Waals surface area contributed by atoms with Crippen molar-refractivity contribution in [2.75, 3.05) is 18.8 Å². The molecule has 3 N–H and O–H groups in total. The number of unbranched alkanes of at least 4 members (excludes halogenated alkanes) is 2. The molecule has 0 aliphatic heterocycles. The van der Waals surface area contributed by atoms with Gasteiger partial charge in [-0.2, -0.15) is 12.6 Å². The third-order valence-electron chi connectivity index (χ3n) is 3.81. The van der Waals surface area contributed by atoms with E-state index in [1.54, 1.807) is 17.5 Å². The molecule has 9 heteroatoms. The number of thiazole rings is 2. The van der Waals surface area contributed by atoms with Crippen molar-refractivity contribution in [1.82, 2.24) is 20.6 Å². The third kappa shape index (κ3) is 7.50. The molecule has 0 aliphatic rings. The minimum Gasteiger partial charge on any atom is -0.378 e. The maximum atomic E-state index is 12.6. The zero-order chi connectivity index (χ0) is 19.6. The number of hydrogen-bond acceptors (Lipinski definition) is 8. The van der Waals surface area contributed by atoms with Crippen LogP contribution in [-0.2, 0) is 6.42 Å². The normalized spacial score (nSPS) is 12.5. The number of thiol groups is 1. The maximum Gasteiger partial charge on any atom is 0.271 e. The summed E-state index contributed by atoms with van der Waals surface area (Å²) in [4.78, 5) is 22.5. The monoisotopic (exact) mass is 428 g/mol. The Bertz CT molecular complexity index is 689. The van der Waals surface area contributed by atoms with Gasteiger partial charge in [0.05, 0.1) is 0 Å². The second-order valence-corrected chi connectivity index (χ2v) is 9.04. The van der Waals surface area contributed by atoms with Crippen LogP contribution in [0, 0.1) is 5.92 Å². The van der Waals surface area contributed by atoms with Gasteiger partial charge in [-0.05, 0) is 31.7 Å². The van der Waals surface area contributed by atoms with Gasteiger partial charge in [0.25, 0.3) is 5.91 Å². The molecule has 6 nitrogen and oxygen atoms in total. The highest BCUT2D eigenvalue weighted by molar-refractivity contribution is 7.80. The Morgan fingerprint density at radius 2 is 2.04 bits per heavy atom. The van der Waals surface area contributed by atoms with E-state index in [1.807, 2.05) is 5.38 Å². The standard InChI is InChI=1S/C18H28N4O2S3/c1-12(2)10-13-15(22-18(27-13)17-21-8-9-26-17)16(24)20-7-5-3-4-6-19-14(23)11-25/h8-9,12,14,19,23,25H,3-7,10-11H2,1-2H3,(H,20,24). The Kier molecular flexibility index (Phi) is 9.70. The lowest BCUT2D eigenvalue weighted by atomic mass is 10.1. The minimum atomic E-state index is -0.552. The Labute approximate surface area is 174 Å². The van der Waals surface area contributed by atoms with E-state index in [0.29, 0.717) is 23.9 Å². The molecule has 1 unspecified atom stereocenters. The molecule has 0 aromatic carbocycles. The fraction of sp³-hybridized carbons (Fsp3) is 0.611. The van der Waals surface area contributed by atoms with E-state index in [9.17, 15) is 9.90 Å². The molecule has 0 bridgehead atoms. The van der Waals surface area contributed by atoms with Gasteiger partial charge in [0, 0.05) is 28.8 Å². The van der Waals surface area contributed by atoms with Crippen LogP contribution in [-0.4, -0.2) is 46.1 Å². The molecule has 2 aromatic heterocycles. The van der Waals surface area contributed by atoms with Gasteiger partial charge in [-0.15, -0.1) is 22.7 Å². The molecule has 1 atom stereocenters. The largest absolute Gasteiger partial charge is 0.378 e. The van der Waals surface area contributed by atoms with Crippen molar-refractivity contribution in [1.29, 1.82) is 0 Å². The summed E-state index contributed by atoms with van der Waals surface area (Å²) in [6.45, 7) is 5.66. The van der Waals surface area contributed by atoms with E-state index in [0.717, 1.165) is 47.1 Å². The lowest BCUT2D eigenvalue weighted by Gasteiger charge is -2.09. The van der Waals surface area contributed by atoms with Crippen molar-refractivity contribution in [3.8, 4) is 10.0 Å². The molecule has 2 heterocycles. The summed E-state index contributed by atoms with van der Waals surface area (Å²) in [6, 6.07) is 0. The first-order chi connectivity index (χ1) is 13.0. The molecule has 0 aliphatic carbocycles. The van der Waals surface area contributed by atoms with Gasteiger partial charge in [-0.3, -0.25) is 10.1 Å². The number of aliphatic hydroxyl groups is 1. The quantitative estimate of drug-likeness (QED) is 0.237. The highest BCUT2D eigenvalue weighted by Crippen LogP contribution is 2.31. The number of carbonyl (C=O) groups excluding carboxylic acids is 1. The first-order valence-corrected chi connectivity index (χ1v) is 11.5. The average Bonchev–Trinajstić information content (AvgIpc) is 3.29. The number of hydrogen-bond donors (Lipinski definition) is 4. The SMILES string of the molecule is CC(C)Cc1sc(-c2nccs2)nc1C(=O)NCCCCCNC(O)CS. The van der Waals surface area contributed by atoms with Crippen molar-refractivity contribution in [2.45, 2.75) is 45.8 Å². The summed E-state index contributed by atoms with van der Waals surface area (Å²) in [5.74, 6) is 0.764. The summed E-state index contributed by atoms with van der Waals surface area (Å²) < 4.78 is 0. The summed E-state index contributed by atoms with van der Waals surface area (Å²) in [5, 5.41) is 18.9. The van der Waals surface area contributed by atoms with Crippen molar-refractivity contribution < 1.29 is 9.90 Å². The number of amides is 1. The number of nitrogens with zero attached hydrogens (tertiary/aromatic N) is 2. The highest BCUT2D eigenvalue weighted by Gasteiger charge is 2.20. The number of aromatic nitrogens is 2. The predicted octanol–water partition coefficient (Wildman–Crippen LogP) is 3.20. The van der Waals surface area contributed by atoms with Gasteiger partial charge in [0.1, 0.15) is 11.9 Å². The molecular formula is C18H28N4O2S3. The van der Waals surface area contributed by atoms with E-state index in [2.05, 4.69) is 47.1 Å². The fourth-order valence-electron chi connectivity index (χ4n) is 2.50. The van der Waals surface area contributed by atoms with Gasteiger partial charge in [0.15, 0.2) is 10.0 Å². The van der Waals surface area contributed by atoms with Crippen molar-refractivity contribution in [3.63, 3.8) is 0 Å². The van der Waals surface area contributed by atoms with Gasteiger partial charge < -0.3 is 10.4 Å². The van der Waals surface area contributed by atoms with Crippen molar-refractivity contribution in [3.05, 3.63) is 22.1 Å².